The third kappa shape index (κ3) is 3.73. The average molecular weight is 277 g/mol. The molecule has 4 heteroatoms. The third-order valence-electron chi connectivity index (χ3n) is 3.76. The molecule has 1 fully saturated rings. The smallest absolute Gasteiger partial charge is 0.161 e. The van der Waals surface area contributed by atoms with Crippen LogP contribution < -0.4 is 9.47 Å². The minimum atomic E-state index is 0.0333. The number of carbonyl (C=O) groups excluding carboxylic acids is 1. The molecule has 20 heavy (non-hydrogen) atoms. The average Bonchev–Trinajstić information content (AvgIpc) is 2.64. The second kappa shape index (κ2) is 6.75. The Kier molecular flexibility index (Phi) is 5.01. The molecule has 0 bridgehead atoms. The van der Waals surface area contributed by atoms with Gasteiger partial charge in [-0.2, -0.15) is 0 Å². The standard InChI is InChI=1S/C16H23NO3/c1-12(18)13-6-7-15(16(11-13)19-3)20-14-5-4-9-17(2)10-8-14/h6-7,11,14H,4-5,8-10H2,1-3H3. The van der Waals surface area contributed by atoms with Crippen LogP contribution in [0.15, 0.2) is 18.2 Å². The molecule has 0 aromatic heterocycles. The van der Waals surface area contributed by atoms with Gasteiger partial charge in [-0.25, -0.2) is 0 Å². The molecular weight excluding hydrogens is 254 g/mol. The molecule has 2 rings (SSSR count). The summed E-state index contributed by atoms with van der Waals surface area (Å²) < 4.78 is 11.4. The number of methoxy groups -OCH3 is 1. The summed E-state index contributed by atoms with van der Waals surface area (Å²) in [5, 5.41) is 0. The van der Waals surface area contributed by atoms with Crippen LogP contribution in [0.3, 0.4) is 0 Å². The maximum atomic E-state index is 11.4. The summed E-state index contributed by atoms with van der Waals surface area (Å²) in [5.74, 6) is 1.40. The number of carbonyl (C=O) groups is 1. The molecule has 110 valence electrons. The maximum Gasteiger partial charge on any atom is 0.161 e. The molecule has 1 aliphatic rings. The zero-order valence-electron chi connectivity index (χ0n) is 12.5. The van der Waals surface area contributed by atoms with E-state index in [1.807, 2.05) is 6.07 Å². The molecule has 0 saturated carbocycles. The molecule has 0 spiro atoms. The van der Waals surface area contributed by atoms with Gasteiger partial charge in [0.15, 0.2) is 17.3 Å². The third-order valence-corrected chi connectivity index (χ3v) is 3.76. The zero-order chi connectivity index (χ0) is 14.5. The SMILES string of the molecule is COc1cc(C(C)=O)ccc1OC1CCCN(C)CC1. The van der Waals surface area contributed by atoms with Crippen molar-refractivity contribution in [2.24, 2.45) is 0 Å². The normalized spacial score (nSPS) is 20.2. The van der Waals surface area contributed by atoms with E-state index < -0.39 is 0 Å². The van der Waals surface area contributed by atoms with Gasteiger partial charge in [0.05, 0.1) is 7.11 Å². The molecule has 1 aromatic carbocycles. The number of ether oxygens (including phenoxy) is 2. The van der Waals surface area contributed by atoms with E-state index >= 15 is 0 Å². The first-order valence-electron chi connectivity index (χ1n) is 7.14. The van der Waals surface area contributed by atoms with Crippen molar-refractivity contribution in [2.45, 2.75) is 32.3 Å². The first-order chi connectivity index (χ1) is 9.60. The number of Topliss-reactive ketones (excluding diaryl/α,β-unsaturated/α-hetero) is 1. The summed E-state index contributed by atoms with van der Waals surface area (Å²) in [4.78, 5) is 13.7. The van der Waals surface area contributed by atoms with Crippen molar-refractivity contribution >= 4 is 5.78 Å². The molecule has 0 radical (unpaired) electrons. The van der Waals surface area contributed by atoms with Crippen LogP contribution in [0, 0.1) is 0 Å². The molecule has 0 N–H and O–H groups in total. The van der Waals surface area contributed by atoms with Gasteiger partial charge in [-0.3, -0.25) is 4.79 Å². The Balaban J connectivity index is 2.10. The molecule has 0 amide bonds. The van der Waals surface area contributed by atoms with Crippen molar-refractivity contribution in [3.8, 4) is 11.5 Å². The fraction of sp³-hybridized carbons (Fsp3) is 0.562. The summed E-state index contributed by atoms with van der Waals surface area (Å²) >= 11 is 0. The summed E-state index contributed by atoms with van der Waals surface area (Å²) in [6.07, 6.45) is 3.45. The van der Waals surface area contributed by atoms with Crippen LogP contribution in [0.25, 0.3) is 0 Å². The molecule has 0 aliphatic carbocycles. The second-order valence-corrected chi connectivity index (χ2v) is 5.40. The van der Waals surface area contributed by atoms with Gasteiger partial charge in [-0.05, 0) is 58.0 Å². The molecule has 1 saturated heterocycles. The van der Waals surface area contributed by atoms with E-state index in [1.54, 1.807) is 26.2 Å². The minimum absolute atomic E-state index is 0.0333. The number of nitrogens with zero attached hydrogens (tertiary/aromatic N) is 1. The Morgan fingerprint density at radius 3 is 2.75 bits per heavy atom. The fourth-order valence-corrected chi connectivity index (χ4v) is 2.49. The number of hydrogen-bond acceptors (Lipinski definition) is 4. The number of benzene rings is 1. The Hall–Kier alpha value is -1.55. The molecule has 1 unspecified atom stereocenters. The largest absolute Gasteiger partial charge is 0.493 e. The number of ketones is 1. The van der Waals surface area contributed by atoms with E-state index in [-0.39, 0.29) is 11.9 Å². The van der Waals surface area contributed by atoms with Gasteiger partial charge < -0.3 is 14.4 Å². The topological polar surface area (TPSA) is 38.8 Å². The van der Waals surface area contributed by atoms with Crippen LogP contribution in [0.2, 0.25) is 0 Å². The first-order valence-corrected chi connectivity index (χ1v) is 7.14. The molecule has 1 aromatic rings. The molecule has 1 atom stereocenters. The summed E-state index contributed by atoms with van der Waals surface area (Å²) in [6.45, 7) is 3.73. The van der Waals surface area contributed by atoms with Crippen molar-refractivity contribution in [1.82, 2.24) is 4.90 Å². The first kappa shape index (κ1) is 14.9. The Morgan fingerprint density at radius 2 is 2.05 bits per heavy atom. The summed E-state index contributed by atoms with van der Waals surface area (Å²) in [6, 6.07) is 5.38. The van der Waals surface area contributed by atoms with Gasteiger partial charge in [-0.15, -0.1) is 0 Å². The Labute approximate surface area is 120 Å². The van der Waals surface area contributed by atoms with Gasteiger partial charge in [0.25, 0.3) is 0 Å². The van der Waals surface area contributed by atoms with Crippen LogP contribution in [-0.4, -0.2) is 44.0 Å². The highest BCUT2D eigenvalue weighted by Crippen LogP contribution is 2.30. The van der Waals surface area contributed by atoms with Crippen LogP contribution >= 0.6 is 0 Å². The lowest BCUT2D eigenvalue weighted by Gasteiger charge is -2.19. The van der Waals surface area contributed by atoms with Crippen molar-refractivity contribution < 1.29 is 14.3 Å². The molecule has 1 aliphatic heterocycles. The van der Waals surface area contributed by atoms with Crippen LogP contribution in [0.4, 0.5) is 0 Å². The zero-order valence-corrected chi connectivity index (χ0v) is 12.5. The Bertz CT molecular complexity index is 473. The van der Waals surface area contributed by atoms with E-state index in [2.05, 4.69) is 11.9 Å². The van der Waals surface area contributed by atoms with Crippen molar-refractivity contribution in [1.29, 1.82) is 0 Å². The second-order valence-electron chi connectivity index (χ2n) is 5.40. The lowest BCUT2D eigenvalue weighted by molar-refractivity contribution is 0.101. The summed E-state index contributed by atoms with van der Waals surface area (Å²) in [5.41, 5.74) is 0.648. The van der Waals surface area contributed by atoms with E-state index in [0.29, 0.717) is 11.3 Å². The highest BCUT2D eigenvalue weighted by Gasteiger charge is 2.18. The lowest BCUT2D eigenvalue weighted by atomic mass is 10.1. The lowest BCUT2D eigenvalue weighted by Crippen LogP contribution is -2.21. The van der Waals surface area contributed by atoms with Gasteiger partial charge in [0, 0.05) is 12.1 Å². The van der Waals surface area contributed by atoms with Gasteiger partial charge >= 0.3 is 0 Å². The molecule has 4 nitrogen and oxygen atoms in total. The van der Waals surface area contributed by atoms with Crippen molar-refractivity contribution in [2.75, 3.05) is 27.2 Å². The Morgan fingerprint density at radius 1 is 1.25 bits per heavy atom. The number of hydrogen-bond donors (Lipinski definition) is 0. The van der Waals surface area contributed by atoms with Crippen LogP contribution in [-0.2, 0) is 0 Å². The predicted octanol–water partition coefficient (Wildman–Crippen LogP) is 2.76. The maximum absolute atomic E-state index is 11.4. The van der Waals surface area contributed by atoms with Gasteiger partial charge in [0.1, 0.15) is 6.10 Å². The highest BCUT2D eigenvalue weighted by atomic mass is 16.5. The minimum Gasteiger partial charge on any atom is -0.493 e. The van der Waals surface area contributed by atoms with E-state index in [1.165, 1.54) is 0 Å². The van der Waals surface area contributed by atoms with Crippen molar-refractivity contribution in [3.63, 3.8) is 0 Å². The highest BCUT2D eigenvalue weighted by molar-refractivity contribution is 5.94. The summed E-state index contributed by atoms with van der Waals surface area (Å²) in [7, 11) is 3.75. The van der Waals surface area contributed by atoms with E-state index in [9.17, 15) is 4.79 Å². The predicted molar refractivity (Wildman–Crippen MR) is 78.8 cm³/mol. The quantitative estimate of drug-likeness (QED) is 0.793. The van der Waals surface area contributed by atoms with Gasteiger partial charge in [-0.1, -0.05) is 0 Å². The van der Waals surface area contributed by atoms with E-state index in [4.69, 9.17) is 9.47 Å². The monoisotopic (exact) mass is 277 g/mol. The van der Waals surface area contributed by atoms with Crippen LogP contribution in [0.5, 0.6) is 11.5 Å². The molecular formula is C16H23NO3. The number of rotatable bonds is 4. The van der Waals surface area contributed by atoms with E-state index in [0.717, 1.165) is 38.1 Å². The fourth-order valence-electron chi connectivity index (χ4n) is 2.49. The van der Waals surface area contributed by atoms with Crippen LogP contribution in [0.1, 0.15) is 36.5 Å². The molecule has 1 heterocycles. The van der Waals surface area contributed by atoms with Gasteiger partial charge in [0.2, 0.25) is 0 Å². The number of likely N-dealkylation sites (tertiary alicyclic amines) is 1. The van der Waals surface area contributed by atoms with Crippen molar-refractivity contribution in [3.05, 3.63) is 23.8 Å².